The van der Waals surface area contributed by atoms with E-state index in [1.165, 1.54) is 5.56 Å². The van der Waals surface area contributed by atoms with Gasteiger partial charge in [-0.1, -0.05) is 0 Å². The minimum atomic E-state index is 0.616. The van der Waals surface area contributed by atoms with Crippen LogP contribution in [-0.2, 0) is 11.3 Å². The maximum atomic E-state index is 5.62. The Hall–Kier alpha value is -0.780. The Bertz CT molecular complexity index is 447. The summed E-state index contributed by atoms with van der Waals surface area (Å²) < 4.78 is 17.5. The second kappa shape index (κ2) is 6.11. The fraction of sp³-hybridized carbons (Fsp3) is 0.571. The van der Waals surface area contributed by atoms with Crippen molar-refractivity contribution < 1.29 is 14.2 Å². The van der Waals surface area contributed by atoms with Crippen LogP contribution in [-0.4, -0.2) is 33.0 Å². The molecular weight excluding hydrogens is 310 g/mol. The molecule has 1 aromatic carbocycles. The molecule has 0 amide bonds. The Balaban J connectivity index is 1.59. The van der Waals surface area contributed by atoms with E-state index in [1.807, 2.05) is 0 Å². The van der Waals surface area contributed by atoms with Crippen LogP contribution in [0.15, 0.2) is 16.6 Å². The quantitative estimate of drug-likeness (QED) is 0.921. The molecule has 1 unspecified atom stereocenters. The molecule has 19 heavy (non-hydrogen) atoms. The molecule has 2 aliphatic heterocycles. The number of ether oxygens (including phenoxy) is 3. The molecule has 0 saturated carbocycles. The lowest BCUT2D eigenvalue weighted by Gasteiger charge is -2.20. The number of benzene rings is 1. The summed E-state index contributed by atoms with van der Waals surface area (Å²) in [4.78, 5) is 0. The maximum absolute atomic E-state index is 5.62. The van der Waals surface area contributed by atoms with Gasteiger partial charge in [-0.15, -0.1) is 0 Å². The lowest BCUT2D eigenvalue weighted by Crippen LogP contribution is -2.23. The third kappa shape index (κ3) is 3.22. The van der Waals surface area contributed by atoms with Gasteiger partial charge >= 0.3 is 0 Å². The lowest BCUT2D eigenvalue weighted by atomic mass is 10.1. The van der Waals surface area contributed by atoms with Crippen molar-refractivity contribution in [3.63, 3.8) is 0 Å². The summed E-state index contributed by atoms with van der Waals surface area (Å²) in [7, 11) is 0. The highest BCUT2D eigenvalue weighted by molar-refractivity contribution is 9.10. The van der Waals surface area contributed by atoms with Crippen LogP contribution in [0.1, 0.15) is 12.0 Å². The molecule has 2 heterocycles. The third-order valence-electron chi connectivity index (χ3n) is 3.44. The molecule has 2 aliphatic rings. The van der Waals surface area contributed by atoms with Gasteiger partial charge in [-0.25, -0.2) is 0 Å². The van der Waals surface area contributed by atoms with E-state index in [0.29, 0.717) is 19.1 Å². The molecular formula is C14H18BrNO3. The molecule has 0 spiro atoms. The highest BCUT2D eigenvalue weighted by Gasteiger charge is 2.17. The molecule has 0 aromatic heterocycles. The van der Waals surface area contributed by atoms with E-state index >= 15 is 0 Å². The third-order valence-corrected chi connectivity index (χ3v) is 4.03. The average molecular weight is 328 g/mol. The van der Waals surface area contributed by atoms with E-state index in [2.05, 4.69) is 33.4 Å². The zero-order chi connectivity index (χ0) is 13.1. The SMILES string of the molecule is Brc1cc(CNCC2CCOC2)cc2c1OCCO2. The first-order valence-corrected chi connectivity index (χ1v) is 7.49. The minimum absolute atomic E-state index is 0.616. The monoisotopic (exact) mass is 327 g/mol. The van der Waals surface area contributed by atoms with E-state index in [4.69, 9.17) is 14.2 Å². The van der Waals surface area contributed by atoms with Gasteiger partial charge in [-0.2, -0.15) is 0 Å². The normalized spacial score (nSPS) is 21.6. The number of nitrogens with one attached hydrogen (secondary N) is 1. The van der Waals surface area contributed by atoms with Crippen molar-refractivity contribution >= 4 is 15.9 Å². The molecule has 5 heteroatoms. The van der Waals surface area contributed by atoms with Crippen LogP contribution >= 0.6 is 15.9 Å². The van der Waals surface area contributed by atoms with Gasteiger partial charge in [0.1, 0.15) is 13.2 Å². The van der Waals surface area contributed by atoms with E-state index in [9.17, 15) is 0 Å². The van der Waals surface area contributed by atoms with E-state index in [-0.39, 0.29) is 0 Å². The standard InChI is InChI=1S/C14H18BrNO3/c15-12-5-11(6-13-14(12)19-4-3-18-13)8-16-7-10-1-2-17-9-10/h5-6,10,16H,1-4,7-9H2. The number of fused-ring (bicyclic) bond motifs is 1. The molecule has 4 nitrogen and oxygen atoms in total. The Kier molecular flexibility index (Phi) is 4.25. The van der Waals surface area contributed by atoms with Gasteiger partial charge in [0.25, 0.3) is 0 Å². The van der Waals surface area contributed by atoms with Gasteiger partial charge in [0.15, 0.2) is 11.5 Å². The topological polar surface area (TPSA) is 39.7 Å². The van der Waals surface area contributed by atoms with E-state index < -0.39 is 0 Å². The Morgan fingerprint density at radius 2 is 2.11 bits per heavy atom. The van der Waals surface area contributed by atoms with Gasteiger partial charge < -0.3 is 19.5 Å². The molecule has 104 valence electrons. The number of halogens is 1. The Labute approximate surface area is 121 Å². The summed E-state index contributed by atoms with van der Waals surface area (Å²) in [6, 6.07) is 4.14. The fourth-order valence-electron chi connectivity index (χ4n) is 2.43. The van der Waals surface area contributed by atoms with Crippen LogP contribution in [0, 0.1) is 5.92 Å². The predicted octanol–water partition coefficient (Wildman–Crippen LogP) is 2.35. The molecule has 0 radical (unpaired) electrons. The molecule has 1 fully saturated rings. The van der Waals surface area contributed by atoms with Gasteiger partial charge in [0, 0.05) is 19.7 Å². The minimum Gasteiger partial charge on any atom is -0.486 e. The first-order chi connectivity index (χ1) is 9.33. The highest BCUT2D eigenvalue weighted by atomic mass is 79.9. The van der Waals surface area contributed by atoms with Crippen LogP contribution in [0.2, 0.25) is 0 Å². The average Bonchev–Trinajstić information content (AvgIpc) is 2.92. The largest absolute Gasteiger partial charge is 0.486 e. The second-order valence-corrected chi connectivity index (χ2v) is 5.82. The second-order valence-electron chi connectivity index (χ2n) is 4.96. The van der Waals surface area contributed by atoms with Crippen molar-refractivity contribution in [1.82, 2.24) is 5.32 Å². The molecule has 1 atom stereocenters. The van der Waals surface area contributed by atoms with Crippen molar-refractivity contribution in [2.45, 2.75) is 13.0 Å². The van der Waals surface area contributed by atoms with Crippen LogP contribution in [0.4, 0.5) is 0 Å². The summed E-state index contributed by atoms with van der Waals surface area (Å²) in [6.07, 6.45) is 1.16. The first-order valence-electron chi connectivity index (χ1n) is 6.69. The van der Waals surface area contributed by atoms with Crippen LogP contribution < -0.4 is 14.8 Å². The van der Waals surface area contributed by atoms with Crippen LogP contribution in [0.25, 0.3) is 0 Å². The van der Waals surface area contributed by atoms with Crippen molar-refractivity contribution in [2.24, 2.45) is 5.92 Å². The Morgan fingerprint density at radius 1 is 1.21 bits per heavy atom. The van der Waals surface area contributed by atoms with Crippen molar-refractivity contribution in [2.75, 3.05) is 33.0 Å². The maximum Gasteiger partial charge on any atom is 0.175 e. The summed E-state index contributed by atoms with van der Waals surface area (Å²) in [5.41, 5.74) is 1.20. The Morgan fingerprint density at radius 3 is 2.95 bits per heavy atom. The van der Waals surface area contributed by atoms with Gasteiger partial charge in [-0.05, 0) is 46.0 Å². The summed E-state index contributed by atoms with van der Waals surface area (Å²) >= 11 is 3.54. The molecule has 3 rings (SSSR count). The van der Waals surface area contributed by atoms with Crippen molar-refractivity contribution in [1.29, 1.82) is 0 Å². The molecule has 0 aliphatic carbocycles. The molecule has 1 saturated heterocycles. The number of rotatable bonds is 4. The first kappa shape index (κ1) is 13.2. The highest BCUT2D eigenvalue weighted by Crippen LogP contribution is 2.38. The zero-order valence-electron chi connectivity index (χ0n) is 10.8. The van der Waals surface area contributed by atoms with E-state index in [0.717, 1.165) is 48.7 Å². The predicted molar refractivity (Wildman–Crippen MR) is 75.8 cm³/mol. The number of hydrogen-bond donors (Lipinski definition) is 1. The summed E-state index contributed by atoms with van der Waals surface area (Å²) in [5.74, 6) is 2.31. The van der Waals surface area contributed by atoms with Crippen LogP contribution in [0.5, 0.6) is 11.5 Å². The van der Waals surface area contributed by atoms with Gasteiger partial charge in [-0.3, -0.25) is 0 Å². The summed E-state index contributed by atoms with van der Waals surface area (Å²) in [5, 5.41) is 3.48. The van der Waals surface area contributed by atoms with Gasteiger partial charge in [0.2, 0.25) is 0 Å². The smallest absolute Gasteiger partial charge is 0.175 e. The molecule has 1 N–H and O–H groups in total. The van der Waals surface area contributed by atoms with Crippen molar-refractivity contribution in [3.05, 3.63) is 22.2 Å². The fourth-order valence-corrected chi connectivity index (χ4v) is 3.04. The summed E-state index contributed by atoms with van der Waals surface area (Å²) in [6.45, 7) is 4.87. The number of hydrogen-bond acceptors (Lipinski definition) is 4. The van der Waals surface area contributed by atoms with Crippen molar-refractivity contribution in [3.8, 4) is 11.5 Å². The molecule has 0 bridgehead atoms. The van der Waals surface area contributed by atoms with Crippen LogP contribution in [0.3, 0.4) is 0 Å². The molecule has 1 aromatic rings. The van der Waals surface area contributed by atoms with Gasteiger partial charge in [0.05, 0.1) is 11.1 Å². The van der Waals surface area contributed by atoms with E-state index in [1.54, 1.807) is 0 Å². The lowest BCUT2D eigenvalue weighted by molar-refractivity contribution is 0.170. The zero-order valence-corrected chi connectivity index (χ0v) is 12.4.